The van der Waals surface area contributed by atoms with Crippen LogP contribution in [0.15, 0.2) is 6.07 Å². The third kappa shape index (κ3) is 4.58. The zero-order valence-corrected chi connectivity index (χ0v) is 15.3. The molecule has 24 heavy (non-hydrogen) atoms. The lowest BCUT2D eigenvalue weighted by molar-refractivity contribution is -0.142. The van der Waals surface area contributed by atoms with Crippen molar-refractivity contribution in [3.63, 3.8) is 0 Å². The normalized spacial score (nSPS) is 16.2. The standard InChI is InChI=1S/C18H29N3O3/c1-11(2)8-13(17(23)24)10-19-16(22)14-9-15(12-6-7-12)21(20-14)18(3,4)5/h9,11-13H,6-8,10H2,1-5H3,(H,19,22)(H,23,24). The molecule has 1 unspecified atom stereocenters. The third-order valence-corrected chi connectivity index (χ3v) is 4.21. The van der Waals surface area contributed by atoms with Gasteiger partial charge in [0.15, 0.2) is 0 Å². The predicted molar refractivity (Wildman–Crippen MR) is 92.1 cm³/mol. The molecule has 1 fully saturated rings. The highest BCUT2D eigenvalue weighted by atomic mass is 16.4. The van der Waals surface area contributed by atoms with Gasteiger partial charge in [-0.1, -0.05) is 13.8 Å². The number of hydrogen-bond donors (Lipinski definition) is 2. The van der Waals surface area contributed by atoms with E-state index in [0.717, 1.165) is 18.5 Å². The van der Waals surface area contributed by atoms with Crippen molar-refractivity contribution in [3.8, 4) is 0 Å². The second-order valence-corrected chi connectivity index (χ2v) is 8.19. The number of hydrogen-bond acceptors (Lipinski definition) is 3. The van der Waals surface area contributed by atoms with Gasteiger partial charge in [-0.15, -0.1) is 0 Å². The largest absolute Gasteiger partial charge is 0.481 e. The smallest absolute Gasteiger partial charge is 0.308 e. The number of rotatable bonds is 7. The van der Waals surface area contributed by atoms with Crippen molar-refractivity contribution in [2.24, 2.45) is 11.8 Å². The maximum atomic E-state index is 12.4. The Morgan fingerprint density at radius 1 is 1.38 bits per heavy atom. The number of aromatic nitrogens is 2. The first kappa shape index (κ1) is 18.5. The monoisotopic (exact) mass is 335 g/mol. The van der Waals surface area contributed by atoms with Gasteiger partial charge in [-0.05, 0) is 52.0 Å². The molecule has 2 N–H and O–H groups in total. The van der Waals surface area contributed by atoms with Crippen molar-refractivity contribution in [1.29, 1.82) is 0 Å². The Hall–Kier alpha value is -1.85. The summed E-state index contributed by atoms with van der Waals surface area (Å²) < 4.78 is 1.93. The Balaban J connectivity index is 2.08. The van der Waals surface area contributed by atoms with E-state index in [1.165, 1.54) is 0 Å². The summed E-state index contributed by atoms with van der Waals surface area (Å²) in [6.45, 7) is 10.3. The molecule has 0 spiro atoms. The third-order valence-electron chi connectivity index (χ3n) is 4.21. The van der Waals surface area contributed by atoms with E-state index in [2.05, 4.69) is 31.2 Å². The summed E-state index contributed by atoms with van der Waals surface area (Å²) in [6.07, 6.45) is 2.82. The molecule has 1 atom stereocenters. The molecule has 1 aliphatic rings. The Bertz CT molecular complexity index is 610. The van der Waals surface area contributed by atoms with Crippen molar-refractivity contribution in [1.82, 2.24) is 15.1 Å². The average Bonchev–Trinajstić information content (AvgIpc) is 3.19. The fraction of sp³-hybridized carbons (Fsp3) is 0.722. The highest BCUT2D eigenvalue weighted by Gasteiger charge is 2.32. The van der Waals surface area contributed by atoms with Gasteiger partial charge in [0, 0.05) is 18.2 Å². The van der Waals surface area contributed by atoms with Gasteiger partial charge in [0.1, 0.15) is 5.69 Å². The molecular formula is C18H29N3O3. The molecule has 0 aliphatic heterocycles. The van der Waals surface area contributed by atoms with Crippen LogP contribution in [0.4, 0.5) is 0 Å². The van der Waals surface area contributed by atoms with Crippen LogP contribution in [0.5, 0.6) is 0 Å². The van der Waals surface area contributed by atoms with Gasteiger partial charge in [0.25, 0.3) is 5.91 Å². The molecule has 2 rings (SSSR count). The second kappa shape index (κ2) is 6.95. The molecule has 134 valence electrons. The molecule has 0 saturated heterocycles. The van der Waals surface area contributed by atoms with Crippen LogP contribution in [0, 0.1) is 11.8 Å². The topological polar surface area (TPSA) is 84.2 Å². The molecule has 0 radical (unpaired) electrons. The van der Waals surface area contributed by atoms with Crippen molar-refractivity contribution < 1.29 is 14.7 Å². The quantitative estimate of drug-likeness (QED) is 0.802. The Morgan fingerprint density at radius 3 is 2.46 bits per heavy atom. The number of nitrogens with one attached hydrogen (secondary N) is 1. The van der Waals surface area contributed by atoms with Crippen LogP contribution in [0.1, 0.15) is 76.0 Å². The van der Waals surface area contributed by atoms with Crippen molar-refractivity contribution >= 4 is 11.9 Å². The Labute approximate surface area is 143 Å². The lowest BCUT2D eigenvalue weighted by Gasteiger charge is -2.22. The van der Waals surface area contributed by atoms with E-state index in [4.69, 9.17) is 0 Å². The summed E-state index contributed by atoms with van der Waals surface area (Å²) in [5, 5.41) is 16.5. The number of amides is 1. The van der Waals surface area contributed by atoms with E-state index in [1.54, 1.807) is 0 Å². The number of aliphatic carboxylic acids is 1. The molecule has 1 aromatic heterocycles. The van der Waals surface area contributed by atoms with Gasteiger partial charge in [-0.3, -0.25) is 14.3 Å². The van der Waals surface area contributed by atoms with E-state index in [9.17, 15) is 14.7 Å². The highest BCUT2D eigenvalue weighted by molar-refractivity contribution is 5.92. The van der Waals surface area contributed by atoms with Gasteiger partial charge in [-0.2, -0.15) is 5.10 Å². The van der Waals surface area contributed by atoms with Crippen LogP contribution < -0.4 is 5.32 Å². The SMILES string of the molecule is CC(C)CC(CNC(=O)c1cc(C2CC2)n(C(C)(C)C)n1)C(=O)O. The number of nitrogens with zero attached hydrogens (tertiary/aromatic N) is 2. The molecule has 1 amide bonds. The van der Waals surface area contributed by atoms with E-state index in [1.807, 2.05) is 24.6 Å². The lowest BCUT2D eigenvalue weighted by Crippen LogP contribution is -2.34. The van der Waals surface area contributed by atoms with Gasteiger partial charge in [-0.25, -0.2) is 0 Å². The number of carboxylic acids is 1. The van der Waals surface area contributed by atoms with Crippen LogP contribution in [0.25, 0.3) is 0 Å². The molecule has 1 aliphatic carbocycles. The number of carboxylic acid groups (broad SMARTS) is 1. The van der Waals surface area contributed by atoms with Crippen LogP contribution in [0.3, 0.4) is 0 Å². The Kier molecular flexibility index (Phi) is 5.35. The van der Waals surface area contributed by atoms with Crippen molar-refractivity contribution in [2.75, 3.05) is 6.54 Å². The first-order valence-corrected chi connectivity index (χ1v) is 8.71. The molecule has 6 heteroatoms. The van der Waals surface area contributed by atoms with Crippen molar-refractivity contribution in [3.05, 3.63) is 17.5 Å². The molecule has 1 saturated carbocycles. The van der Waals surface area contributed by atoms with E-state index in [-0.39, 0.29) is 23.9 Å². The zero-order chi connectivity index (χ0) is 18.1. The molecule has 1 heterocycles. The van der Waals surface area contributed by atoms with Crippen LogP contribution >= 0.6 is 0 Å². The summed E-state index contributed by atoms with van der Waals surface area (Å²) in [5.41, 5.74) is 1.29. The van der Waals surface area contributed by atoms with Crippen LogP contribution in [-0.4, -0.2) is 33.3 Å². The molecular weight excluding hydrogens is 306 g/mol. The predicted octanol–water partition coefficient (Wildman–Crippen LogP) is 2.99. The Morgan fingerprint density at radius 2 is 2.00 bits per heavy atom. The molecule has 6 nitrogen and oxygen atoms in total. The van der Waals surface area contributed by atoms with Gasteiger partial charge in [0.2, 0.25) is 0 Å². The van der Waals surface area contributed by atoms with Crippen molar-refractivity contribution in [2.45, 2.75) is 65.3 Å². The summed E-state index contributed by atoms with van der Waals surface area (Å²) in [7, 11) is 0. The fourth-order valence-electron chi connectivity index (χ4n) is 2.86. The minimum absolute atomic E-state index is 0.132. The maximum Gasteiger partial charge on any atom is 0.308 e. The summed E-state index contributed by atoms with van der Waals surface area (Å²) in [6, 6.07) is 1.86. The van der Waals surface area contributed by atoms with E-state index >= 15 is 0 Å². The van der Waals surface area contributed by atoms with Gasteiger partial charge < -0.3 is 10.4 Å². The summed E-state index contributed by atoms with van der Waals surface area (Å²) >= 11 is 0. The molecule has 0 bridgehead atoms. The highest BCUT2D eigenvalue weighted by Crippen LogP contribution is 2.41. The first-order valence-electron chi connectivity index (χ1n) is 8.71. The van der Waals surface area contributed by atoms with Crippen LogP contribution in [0.2, 0.25) is 0 Å². The number of carbonyl (C=O) groups is 2. The van der Waals surface area contributed by atoms with Crippen LogP contribution in [-0.2, 0) is 10.3 Å². The lowest BCUT2D eigenvalue weighted by atomic mass is 9.97. The van der Waals surface area contributed by atoms with E-state index < -0.39 is 11.9 Å². The zero-order valence-electron chi connectivity index (χ0n) is 15.3. The molecule has 1 aromatic rings. The summed E-state index contributed by atoms with van der Waals surface area (Å²) in [4.78, 5) is 23.7. The molecule has 0 aromatic carbocycles. The van der Waals surface area contributed by atoms with Gasteiger partial charge in [0.05, 0.1) is 11.5 Å². The summed E-state index contributed by atoms with van der Waals surface area (Å²) in [5.74, 6) is -0.977. The van der Waals surface area contributed by atoms with Gasteiger partial charge >= 0.3 is 5.97 Å². The minimum atomic E-state index is -0.872. The second-order valence-electron chi connectivity index (χ2n) is 8.19. The first-order chi connectivity index (χ1) is 11.1. The maximum absolute atomic E-state index is 12.4. The number of carbonyl (C=O) groups excluding carboxylic acids is 1. The average molecular weight is 335 g/mol. The van der Waals surface area contributed by atoms with E-state index in [0.29, 0.717) is 18.0 Å². The minimum Gasteiger partial charge on any atom is -0.481 e. The fourth-order valence-corrected chi connectivity index (χ4v) is 2.86.